The number of amides is 1. The number of hydrogen-bond acceptors (Lipinski definition) is 9. The van der Waals surface area contributed by atoms with Gasteiger partial charge >= 0.3 is 0 Å². The van der Waals surface area contributed by atoms with Crippen molar-refractivity contribution in [2.45, 2.75) is 26.3 Å². The van der Waals surface area contributed by atoms with Crippen molar-refractivity contribution in [1.82, 2.24) is 15.3 Å². The Morgan fingerprint density at radius 1 is 0.683 bits per heavy atom. The van der Waals surface area contributed by atoms with Crippen LogP contribution in [0, 0.1) is 0 Å². The molecular formula is C31H35N3O7. The lowest BCUT2D eigenvalue weighted by Gasteiger charge is -2.18. The van der Waals surface area contributed by atoms with Crippen LogP contribution in [0.4, 0.5) is 0 Å². The van der Waals surface area contributed by atoms with E-state index < -0.39 is 0 Å². The Labute approximate surface area is 239 Å². The molecule has 3 aromatic carbocycles. The van der Waals surface area contributed by atoms with Gasteiger partial charge < -0.3 is 33.7 Å². The van der Waals surface area contributed by atoms with Crippen molar-refractivity contribution in [3.05, 3.63) is 48.0 Å². The Morgan fingerprint density at radius 3 is 1.51 bits per heavy atom. The van der Waals surface area contributed by atoms with E-state index in [0.717, 1.165) is 6.42 Å². The molecule has 10 nitrogen and oxygen atoms in total. The van der Waals surface area contributed by atoms with Crippen LogP contribution in [-0.4, -0.2) is 64.6 Å². The molecule has 0 aliphatic heterocycles. The van der Waals surface area contributed by atoms with Gasteiger partial charge in [0.2, 0.25) is 11.5 Å². The largest absolute Gasteiger partial charge is 0.493 e. The smallest absolute Gasteiger partial charge is 0.251 e. The molecule has 0 radical (unpaired) electrons. The van der Waals surface area contributed by atoms with Gasteiger partial charge in [-0.05, 0) is 55.8 Å². The number of nitrogens with one attached hydrogen (secondary N) is 1. The van der Waals surface area contributed by atoms with E-state index in [0.29, 0.717) is 73.6 Å². The molecule has 10 heteroatoms. The monoisotopic (exact) mass is 561 g/mol. The van der Waals surface area contributed by atoms with Gasteiger partial charge in [0.15, 0.2) is 23.0 Å². The number of fused-ring (bicyclic) bond motifs is 1. The van der Waals surface area contributed by atoms with Crippen molar-refractivity contribution in [2.75, 3.05) is 42.7 Å². The van der Waals surface area contributed by atoms with Crippen LogP contribution in [0.15, 0.2) is 42.5 Å². The number of aromatic nitrogens is 2. The molecule has 4 aromatic rings. The predicted molar refractivity (Wildman–Crippen MR) is 157 cm³/mol. The molecule has 1 aromatic heterocycles. The van der Waals surface area contributed by atoms with Crippen LogP contribution in [-0.2, 0) is 0 Å². The number of rotatable bonds is 11. The van der Waals surface area contributed by atoms with E-state index in [1.165, 1.54) is 0 Å². The van der Waals surface area contributed by atoms with Crippen molar-refractivity contribution in [1.29, 1.82) is 0 Å². The lowest BCUT2D eigenvalue weighted by Crippen LogP contribution is -2.31. The van der Waals surface area contributed by atoms with Gasteiger partial charge in [-0.15, -0.1) is 0 Å². The van der Waals surface area contributed by atoms with Crippen LogP contribution in [0.5, 0.6) is 34.5 Å². The molecule has 0 saturated carbocycles. The Bertz CT molecular complexity index is 1520. The SMILES string of the molecule is CC[C@H](C)NC(=O)c1ccc2nc(-c3cc(OC)c(OC)c(OC)c3)c(-c3cc(OC)c(OC)c(OC)c3)nc2c1. The van der Waals surface area contributed by atoms with E-state index in [-0.39, 0.29) is 11.9 Å². The van der Waals surface area contributed by atoms with Crippen LogP contribution in [0.3, 0.4) is 0 Å². The first-order valence-corrected chi connectivity index (χ1v) is 13.1. The molecule has 4 rings (SSSR count). The van der Waals surface area contributed by atoms with E-state index >= 15 is 0 Å². The maximum atomic E-state index is 12.9. The zero-order chi connectivity index (χ0) is 29.7. The van der Waals surface area contributed by atoms with Gasteiger partial charge in [-0.3, -0.25) is 4.79 Å². The average Bonchev–Trinajstić information content (AvgIpc) is 3.01. The van der Waals surface area contributed by atoms with Gasteiger partial charge in [0.05, 0.1) is 65.1 Å². The molecule has 0 aliphatic rings. The summed E-state index contributed by atoms with van der Waals surface area (Å²) >= 11 is 0. The van der Waals surface area contributed by atoms with Crippen molar-refractivity contribution in [2.24, 2.45) is 0 Å². The summed E-state index contributed by atoms with van der Waals surface area (Å²) in [6.07, 6.45) is 0.822. The maximum absolute atomic E-state index is 12.9. The Morgan fingerprint density at radius 2 is 1.12 bits per heavy atom. The van der Waals surface area contributed by atoms with E-state index in [1.54, 1.807) is 73.0 Å². The Hall–Kier alpha value is -4.73. The average molecular weight is 562 g/mol. The standard InChI is InChI=1S/C31H35N3O7/c1-9-17(2)32-31(35)18-10-11-21-22(12-18)34-28(20-15-25(38-5)30(41-8)26(16-20)39-6)27(33-21)19-13-23(36-3)29(40-7)24(14-19)37-4/h10-17H,9H2,1-8H3,(H,32,35)/t17-/m0/s1. The summed E-state index contributed by atoms with van der Waals surface area (Å²) < 4.78 is 33.5. The molecule has 0 bridgehead atoms. The molecule has 41 heavy (non-hydrogen) atoms. The summed E-state index contributed by atoms with van der Waals surface area (Å²) in [5.41, 5.74) is 4.03. The zero-order valence-corrected chi connectivity index (χ0v) is 24.6. The zero-order valence-electron chi connectivity index (χ0n) is 24.6. The fraction of sp³-hybridized carbons (Fsp3) is 0.323. The first-order chi connectivity index (χ1) is 19.8. The molecule has 0 aliphatic carbocycles. The highest BCUT2D eigenvalue weighted by Crippen LogP contribution is 2.45. The third kappa shape index (κ3) is 5.77. The van der Waals surface area contributed by atoms with Crippen LogP contribution >= 0.6 is 0 Å². The van der Waals surface area contributed by atoms with Gasteiger partial charge in [0.1, 0.15) is 0 Å². The third-order valence-electron chi connectivity index (χ3n) is 6.79. The first-order valence-electron chi connectivity index (χ1n) is 13.1. The molecule has 1 amide bonds. The highest BCUT2D eigenvalue weighted by molar-refractivity contribution is 5.98. The quantitative estimate of drug-likeness (QED) is 0.252. The highest BCUT2D eigenvalue weighted by atomic mass is 16.5. The number of nitrogens with zero attached hydrogens (tertiary/aromatic N) is 2. The second kappa shape index (κ2) is 12.6. The fourth-order valence-corrected chi connectivity index (χ4v) is 4.44. The van der Waals surface area contributed by atoms with Crippen LogP contribution in [0.25, 0.3) is 33.5 Å². The van der Waals surface area contributed by atoms with E-state index in [4.69, 9.17) is 38.4 Å². The molecule has 0 fully saturated rings. The molecule has 216 valence electrons. The molecule has 0 spiro atoms. The molecule has 1 atom stereocenters. The summed E-state index contributed by atoms with van der Waals surface area (Å²) in [6.45, 7) is 3.98. The Balaban J connectivity index is 2.03. The summed E-state index contributed by atoms with van der Waals surface area (Å²) in [5.74, 6) is 2.59. The normalized spacial score (nSPS) is 11.5. The van der Waals surface area contributed by atoms with Gasteiger partial charge in [-0.25, -0.2) is 9.97 Å². The second-order valence-corrected chi connectivity index (χ2v) is 9.24. The molecule has 1 heterocycles. The van der Waals surface area contributed by atoms with Crippen molar-refractivity contribution in [3.8, 4) is 57.0 Å². The first kappa shape index (κ1) is 29.3. The van der Waals surface area contributed by atoms with Crippen LogP contribution in [0.2, 0.25) is 0 Å². The summed E-state index contributed by atoms with van der Waals surface area (Å²) in [5, 5.41) is 3.00. The van der Waals surface area contributed by atoms with Crippen molar-refractivity contribution in [3.63, 3.8) is 0 Å². The summed E-state index contributed by atoms with van der Waals surface area (Å²) in [6, 6.07) is 12.5. The number of benzene rings is 3. The predicted octanol–water partition coefficient (Wildman–Crippen LogP) is 5.54. The number of hydrogen-bond donors (Lipinski definition) is 1. The van der Waals surface area contributed by atoms with Gasteiger partial charge in [-0.2, -0.15) is 0 Å². The lowest BCUT2D eigenvalue weighted by molar-refractivity contribution is 0.0939. The van der Waals surface area contributed by atoms with Gasteiger partial charge in [-0.1, -0.05) is 6.92 Å². The number of carbonyl (C=O) groups excluding carboxylic acids is 1. The minimum atomic E-state index is -0.175. The molecule has 0 saturated heterocycles. The van der Waals surface area contributed by atoms with E-state index in [9.17, 15) is 4.79 Å². The van der Waals surface area contributed by atoms with E-state index in [2.05, 4.69) is 5.32 Å². The maximum Gasteiger partial charge on any atom is 0.251 e. The number of ether oxygens (including phenoxy) is 6. The molecular weight excluding hydrogens is 526 g/mol. The lowest BCUT2D eigenvalue weighted by atomic mass is 10.0. The van der Waals surface area contributed by atoms with Gasteiger partial charge in [0.25, 0.3) is 5.91 Å². The summed E-state index contributed by atoms with van der Waals surface area (Å²) in [7, 11) is 9.30. The third-order valence-corrected chi connectivity index (χ3v) is 6.79. The van der Waals surface area contributed by atoms with Crippen molar-refractivity contribution >= 4 is 16.9 Å². The fourth-order valence-electron chi connectivity index (χ4n) is 4.44. The second-order valence-electron chi connectivity index (χ2n) is 9.24. The highest BCUT2D eigenvalue weighted by Gasteiger charge is 2.22. The van der Waals surface area contributed by atoms with Crippen LogP contribution < -0.4 is 33.7 Å². The van der Waals surface area contributed by atoms with E-state index in [1.807, 2.05) is 26.0 Å². The minimum absolute atomic E-state index is 0.0430. The van der Waals surface area contributed by atoms with Gasteiger partial charge in [0, 0.05) is 22.7 Å². The number of methoxy groups -OCH3 is 6. The number of carbonyl (C=O) groups is 1. The topological polar surface area (TPSA) is 110 Å². The van der Waals surface area contributed by atoms with Crippen LogP contribution in [0.1, 0.15) is 30.6 Å². The molecule has 0 unspecified atom stereocenters. The van der Waals surface area contributed by atoms with Crippen molar-refractivity contribution < 1.29 is 33.2 Å². The Kier molecular flexibility index (Phi) is 9.01. The minimum Gasteiger partial charge on any atom is -0.493 e. The molecule has 1 N–H and O–H groups in total. The summed E-state index contributed by atoms with van der Waals surface area (Å²) in [4.78, 5) is 22.9.